The predicted octanol–water partition coefficient (Wildman–Crippen LogP) is 3.16. The molecule has 0 bridgehead atoms. The molecule has 1 fully saturated rings. The standard InChI is InChI=1S/C19H18N2O4S/c1-11-7-15(9-18(22)24-11)25-14-5-6-21(10-14)19(23)13-3-4-16-17(8-13)26-12(2)20-16/h3-4,7-9,14H,5-6,10H2,1-2H3. The zero-order valence-corrected chi connectivity index (χ0v) is 15.3. The number of hydrogen-bond acceptors (Lipinski definition) is 6. The SMILES string of the molecule is Cc1cc(OC2CCN(C(=O)c3ccc4nc(C)sc4c3)C2)cc(=O)o1. The number of carbonyl (C=O) groups excluding carboxylic acids is 1. The summed E-state index contributed by atoms with van der Waals surface area (Å²) in [5.41, 5.74) is 1.15. The third-order valence-electron chi connectivity index (χ3n) is 4.34. The highest BCUT2D eigenvalue weighted by molar-refractivity contribution is 7.18. The minimum Gasteiger partial charge on any atom is -0.488 e. The zero-order chi connectivity index (χ0) is 18.3. The molecule has 1 amide bonds. The van der Waals surface area contributed by atoms with E-state index >= 15 is 0 Å². The van der Waals surface area contributed by atoms with Crippen LogP contribution in [0.25, 0.3) is 10.2 Å². The molecule has 1 aliphatic rings. The van der Waals surface area contributed by atoms with Crippen molar-refractivity contribution in [2.24, 2.45) is 0 Å². The van der Waals surface area contributed by atoms with E-state index in [-0.39, 0.29) is 12.0 Å². The van der Waals surface area contributed by atoms with E-state index in [1.165, 1.54) is 6.07 Å². The van der Waals surface area contributed by atoms with Crippen LogP contribution in [0.3, 0.4) is 0 Å². The Labute approximate surface area is 154 Å². The highest BCUT2D eigenvalue weighted by Gasteiger charge is 2.28. The second-order valence-electron chi connectivity index (χ2n) is 6.42. The average Bonchev–Trinajstić information content (AvgIpc) is 3.17. The van der Waals surface area contributed by atoms with Gasteiger partial charge in [0, 0.05) is 24.6 Å². The fourth-order valence-electron chi connectivity index (χ4n) is 3.20. The van der Waals surface area contributed by atoms with Gasteiger partial charge in [0.1, 0.15) is 17.6 Å². The molecule has 3 heterocycles. The van der Waals surface area contributed by atoms with Crippen LogP contribution in [0.5, 0.6) is 5.75 Å². The van der Waals surface area contributed by atoms with Crippen LogP contribution >= 0.6 is 11.3 Å². The van der Waals surface area contributed by atoms with Gasteiger partial charge in [-0.3, -0.25) is 4.79 Å². The lowest BCUT2D eigenvalue weighted by Crippen LogP contribution is -2.31. The second kappa shape index (κ2) is 6.57. The summed E-state index contributed by atoms with van der Waals surface area (Å²) < 4.78 is 11.8. The summed E-state index contributed by atoms with van der Waals surface area (Å²) in [7, 11) is 0. The van der Waals surface area contributed by atoms with Crippen molar-refractivity contribution in [2.75, 3.05) is 13.1 Å². The van der Waals surface area contributed by atoms with Gasteiger partial charge in [0.15, 0.2) is 0 Å². The minimum absolute atomic E-state index is 0.00666. The Kier molecular flexibility index (Phi) is 4.24. The number of ether oxygens (including phenoxy) is 1. The number of benzene rings is 1. The van der Waals surface area contributed by atoms with Gasteiger partial charge in [0.25, 0.3) is 5.91 Å². The summed E-state index contributed by atoms with van der Waals surface area (Å²) in [6.07, 6.45) is 0.599. The van der Waals surface area contributed by atoms with Crippen LogP contribution in [-0.4, -0.2) is 35.0 Å². The molecular weight excluding hydrogens is 352 g/mol. The summed E-state index contributed by atoms with van der Waals surface area (Å²) in [6.45, 7) is 4.79. The van der Waals surface area contributed by atoms with E-state index in [1.807, 2.05) is 25.1 Å². The summed E-state index contributed by atoms with van der Waals surface area (Å²) in [4.78, 5) is 30.4. The molecule has 1 aliphatic heterocycles. The van der Waals surface area contributed by atoms with E-state index in [0.717, 1.165) is 21.6 Å². The van der Waals surface area contributed by atoms with E-state index in [4.69, 9.17) is 9.15 Å². The summed E-state index contributed by atoms with van der Waals surface area (Å²) in [6, 6.07) is 8.64. The molecule has 0 saturated carbocycles. The summed E-state index contributed by atoms with van der Waals surface area (Å²) >= 11 is 1.59. The topological polar surface area (TPSA) is 72.6 Å². The number of hydrogen-bond donors (Lipinski definition) is 0. The van der Waals surface area contributed by atoms with E-state index in [2.05, 4.69) is 4.98 Å². The smallest absolute Gasteiger partial charge is 0.339 e. The van der Waals surface area contributed by atoms with Crippen molar-refractivity contribution in [1.29, 1.82) is 0 Å². The van der Waals surface area contributed by atoms with Crippen molar-refractivity contribution in [3.63, 3.8) is 0 Å². The number of fused-ring (bicyclic) bond motifs is 1. The first-order valence-corrected chi connectivity index (χ1v) is 9.24. The molecule has 26 heavy (non-hydrogen) atoms. The monoisotopic (exact) mass is 370 g/mol. The van der Waals surface area contributed by atoms with Crippen molar-refractivity contribution in [3.05, 3.63) is 57.1 Å². The van der Waals surface area contributed by atoms with Crippen molar-refractivity contribution in [2.45, 2.75) is 26.4 Å². The molecule has 134 valence electrons. The van der Waals surface area contributed by atoms with Crippen LogP contribution in [0.1, 0.15) is 27.5 Å². The molecule has 0 N–H and O–H groups in total. The molecule has 0 spiro atoms. The molecule has 0 aliphatic carbocycles. The lowest BCUT2D eigenvalue weighted by atomic mass is 10.2. The first-order chi connectivity index (χ1) is 12.5. The van der Waals surface area contributed by atoms with Gasteiger partial charge < -0.3 is 14.1 Å². The van der Waals surface area contributed by atoms with Gasteiger partial charge in [-0.25, -0.2) is 9.78 Å². The Balaban J connectivity index is 1.46. The van der Waals surface area contributed by atoms with Crippen LogP contribution in [-0.2, 0) is 0 Å². The number of nitrogens with zero attached hydrogens (tertiary/aromatic N) is 2. The number of aromatic nitrogens is 1. The molecule has 6 nitrogen and oxygen atoms in total. The lowest BCUT2D eigenvalue weighted by Gasteiger charge is -2.17. The molecule has 7 heteroatoms. The average molecular weight is 370 g/mol. The Morgan fingerprint density at radius 3 is 2.96 bits per heavy atom. The molecular formula is C19H18N2O4S. The van der Waals surface area contributed by atoms with Gasteiger partial charge in [-0.15, -0.1) is 11.3 Å². The zero-order valence-electron chi connectivity index (χ0n) is 14.5. The van der Waals surface area contributed by atoms with Gasteiger partial charge in [-0.05, 0) is 32.0 Å². The fourth-order valence-corrected chi connectivity index (χ4v) is 4.07. The molecule has 1 atom stereocenters. The van der Waals surface area contributed by atoms with Crippen LogP contribution in [0.2, 0.25) is 0 Å². The quantitative estimate of drug-likeness (QED) is 0.708. The Hall–Kier alpha value is -2.67. The molecule has 1 aromatic carbocycles. The van der Waals surface area contributed by atoms with Gasteiger partial charge in [0.2, 0.25) is 0 Å². The second-order valence-corrected chi connectivity index (χ2v) is 7.65. The Morgan fingerprint density at radius 2 is 2.15 bits per heavy atom. The Bertz CT molecular complexity index is 1040. The molecule has 1 saturated heterocycles. The van der Waals surface area contributed by atoms with E-state index in [9.17, 15) is 9.59 Å². The number of rotatable bonds is 3. The van der Waals surface area contributed by atoms with Gasteiger partial charge >= 0.3 is 5.63 Å². The summed E-state index contributed by atoms with van der Waals surface area (Å²) in [5.74, 6) is 0.985. The third-order valence-corrected chi connectivity index (χ3v) is 5.28. The maximum absolute atomic E-state index is 12.8. The van der Waals surface area contributed by atoms with Crippen LogP contribution in [0.15, 0.2) is 39.5 Å². The van der Waals surface area contributed by atoms with E-state index in [0.29, 0.717) is 30.2 Å². The third kappa shape index (κ3) is 3.35. The fraction of sp³-hybridized carbons (Fsp3) is 0.316. The van der Waals surface area contributed by atoms with Crippen molar-refractivity contribution in [1.82, 2.24) is 9.88 Å². The predicted molar refractivity (Wildman–Crippen MR) is 99.0 cm³/mol. The van der Waals surface area contributed by atoms with Crippen molar-refractivity contribution in [3.8, 4) is 5.75 Å². The molecule has 1 unspecified atom stereocenters. The van der Waals surface area contributed by atoms with Gasteiger partial charge in [-0.2, -0.15) is 0 Å². The molecule has 2 aromatic heterocycles. The number of aryl methyl sites for hydroxylation is 2. The van der Waals surface area contributed by atoms with Gasteiger partial charge in [-0.1, -0.05) is 0 Å². The number of carbonyl (C=O) groups is 1. The first kappa shape index (κ1) is 16.8. The maximum Gasteiger partial charge on any atom is 0.339 e. The minimum atomic E-state index is -0.431. The van der Waals surface area contributed by atoms with Crippen LogP contribution in [0.4, 0.5) is 0 Å². The highest BCUT2D eigenvalue weighted by atomic mass is 32.1. The number of amides is 1. The molecule has 3 aromatic rings. The normalized spacial score (nSPS) is 17.0. The number of thiazole rings is 1. The van der Waals surface area contributed by atoms with E-state index in [1.54, 1.807) is 29.2 Å². The number of likely N-dealkylation sites (tertiary alicyclic amines) is 1. The highest BCUT2D eigenvalue weighted by Crippen LogP contribution is 2.25. The Morgan fingerprint density at radius 1 is 1.31 bits per heavy atom. The van der Waals surface area contributed by atoms with Crippen LogP contribution < -0.4 is 10.4 Å². The maximum atomic E-state index is 12.8. The first-order valence-electron chi connectivity index (χ1n) is 8.43. The van der Waals surface area contributed by atoms with Crippen molar-refractivity contribution >= 4 is 27.5 Å². The van der Waals surface area contributed by atoms with Crippen molar-refractivity contribution < 1.29 is 13.9 Å². The molecule has 0 radical (unpaired) electrons. The van der Waals surface area contributed by atoms with E-state index < -0.39 is 5.63 Å². The summed E-state index contributed by atoms with van der Waals surface area (Å²) in [5, 5.41) is 0.988. The van der Waals surface area contributed by atoms with Gasteiger partial charge in [0.05, 0.1) is 27.8 Å². The lowest BCUT2D eigenvalue weighted by molar-refractivity contribution is 0.0772. The molecule has 4 rings (SSSR count). The van der Waals surface area contributed by atoms with Crippen LogP contribution in [0, 0.1) is 13.8 Å². The largest absolute Gasteiger partial charge is 0.488 e.